The highest BCUT2D eigenvalue weighted by atomic mass is 16.5. The van der Waals surface area contributed by atoms with E-state index in [0.29, 0.717) is 6.29 Å². The number of aliphatic carboxylic acids is 1. The van der Waals surface area contributed by atoms with Crippen molar-refractivity contribution in [2.45, 2.75) is 6.10 Å². The van der Waals surface area contributed by atoms with Crippen molar-refractivity contribution in [3.63, 3.8) is 0 Å². The van der Waals surface area contributed by atoms with Gasteiger partial charge in [0.2, 0.25) is 0 Å². The number of aldehydes is 1. The van der Waals surface area contributed by atoms with Gasteiger partial charge < -0.3 is 14.9 Å². The maximum absolute atomic E-state index is 10.7. The van der Waals surface area contributed by atoms with Crippen LogP contribution < -0.4 is 4.74 Å². The van der Waals surface area contributed by atoms with Crippen molar-refractivity contribution in [1.82, 2.24) is 0 Å². The molecule has 1 unspecified atom stereocenters. The van der Waals surface area contributed by atoms with Crippen molar-refractivity contribution < 1.29 is 24.5 Å². The molecule has 17 heavy (non-hydrogen) atoms. The van der Waals surface area contributed by atoms with Crippen LogP contribution in [0.15, 0.2) is 12.1 Å². The smallest absolute Gasteiger partial charge is 0.337 e. The number of carbonyl (C=O) groups is 2. The predicted molar refractivity (Wildman–Crippen MR) is 55.7 cm³/mol. The zero-order valence-electron chi connectivity index (χ0n) is 8.88. The van der Waals surface area contributed by atoms with E-state index in [-0.39, 0.29) is 22.4 Å². The molecule has 0 saturated heterocycles. The highest BCUT2D eigenvalue weighted by molar-refractivity contribution is 5.82. The van der Waals surface area contributed by atoms with Crippen molar-refractivity contribution >= 4 is 12.3 Å². The first kappa shape index (κ1) is 12.7. The number of aliphatic hydroxyl groups is 1. The van der Waals surface area contributed by atoms with E-state index in [1.165, 1.54) is 13.2 Å². The molecule has 0 amide bonds. The highest BCUT2D eigenvalue weighted by Crippen LogP contribution is 2.28. The Balaban J connectivity index is 3.44. The van der Waals surface area contributed by atoms with Gasteiger partial charge in [-0.1, -0.05) is 0 Å². The molecule has 2 N–H and O–H groups in total. The zero-order chi connectivity index (χ0) is 13.0. The van der Waals surface area contributed by atoms with Crippen molar-refractivity contribution in [1.29, 1.82) is 5.26 Å². The summed E-state index contributed by atoms with van der Waals surface area (Å²) in [7, 11) is 1.27. The summed E-state index contributed by atoms with van der Waals surface area (Å²) in [5.41, 5.74) is -0.0102. The summed E-state index contributed by atoms with van der Waals surface area (Å²) < 4.78 is 4.87. The molecule has 0 spiro atoms. The molecule has 1 aromatic rings. The monoisotopic (exact) mass is 235 g/mol. The summed E-state index contributed by atoms with van der Waals surface area (Å²) in [6.45, 7) is 0. The summed E-state index contributed by atoms with van der Waals surface area (Å²) in [5.74, 6) is -1.42. The number of rotatable bonds is 4. The molecule has 88 valence electrons. The molecule has 6 nitrogen and oxygen atoms in total. The standard InChI is InChI=1S/C11H9NO5/c1-17-9-3-7(5-13)6(4-12)2-8(9)10(14)11(15)16/h2-3,5,10,14H,1H3,(H,15,16). The van der Waals surface area contributed by atoms with E-state index in [0.717, 1.165) is 6.07 Å². The first-order valence-electron chi connectivity index (χ1n) is 4.53. The summed E-state index contributed by atoms with van der Waals surface area (Å²) >= 11 is 0. The molecule has 1 atom stereocenters. The predicted octanol–water partition coefficient (Wildman–Crippen LogP) is 0.497. The van der Waals surface area contributed by atoms with Crippen LogP contribution >= 0.6 is 0 Å². The average Bonchev–Trinajstić information content (AvgIpc) is 2.35. The third-order valence-electron chi connectivity index (χ3n) is 2.18. The Morgan fingerprint density at radius 1 is 1.59 bits per heavy atom. The van der Waals surface area contributed by atoms with E-state index in [1.807, 2.05) is 0 Å². The number of hydrogen-bond acceptors (Lipinski definition) is 5. The summed E-state index contributed by atoms with van der Waals surface area (Å²) in [6.07, 6.45) is -1.35. The second kappa shape index (κ2) is 5.09. The van der Waals surface area contributed by atoms with Crippen LogP contribution in [0.4, 0.5) is 0 Å². The molecule has 0 aliphatic heterocycles. The molecule has 0 fully saturated rings. The van der Waals surface area contributed by atoms with Crippen LogP contribution in [0.5, 0.6) is 5.75 Å². The SMILES string of the molecule is COc1cc(C=O)c(C#N)cc1C(O)C(=O)O. The summed E-state index contributed by atoms with van der Waals surface area (Å²) in [6, 6.07) is 4.08. The van der Waals surface area contributed by atoms with Gasteiger partial charge in [-0.15, -0.1) is 0 Å². The lowest BCUT2D eigenvalue weighted by molar-refractivity contribution is -0.147. The molecule has 0 bridgehead atoms. The van der Waals surface area contributed by atoms with Crippen LogP contribution in [0.25, 0.3) is 0 Å². The largest absolute Gasteiger partial charge is 0.496 e. The van der Waals surface area contributed by atoms with Gasteiger partial charge in [0.05, 0.1) is 18.7 Å². The fraction of sp³-hybridized carbons (Fsp3) is 0.182. The van der Waals surface area contributed by atoms with Crippen molar-refractivity contribution in [2.24, 2.45) is 0 Å². The van der Waals surface area contributed by atoms with Gasteiger partial charge in [0, 0.05) is 11.1 Å². The van der Waals surface area contributed by atoms with Gasteiger partial charge in [-0.05, 0) is 12.1 Å². The van der Waals surface area contributed by atoms with Crippen LogP contribution in [0, 0.1) is 11.3 Å². The van der Waals surface area contributed by atoms with Gasteiger partial charge in [-0.3, -0.25) is 4.79 Å². The topological polar surface area (TPSA) is 108 Å². The van der Waals surface area contributed by atoms with Gasteiger partial charge in [-0.25, -0.2) is 4.79 Å². The summed E-state index contributed by atoms with van der Waals surface area (Å²) in [5, 5.41) is 26.9. The second-order valence-corrected chi connectivity index (χ2v) is 3.15. The fourth-order valence-corrected chi connectivity index (χ4v) is 1.33. The van der Waals surface area contributed by atoms with E-state index in [2.05, 4.69) is 0 Å². The number of nitriles is 1. The Morgan fingerprint density at radius 2 is 2.24 bits per heavy atom. The molecule has 0 aliphatic carbocycles. The lowest BCUT2D eigenvalue weighted by Crippen LogP contribution is -2.12. The minimum absolute atomic E-state index is 0.0175. The quantitative estimate of drug-likeness (QED) is 0.735. The molecule has 0 aromatic heterocycles. The molecule has 0 saturated carbocycles. The van der Waals surface area contributed by atoms with Crippen LogP contribution in [0.2, 0.25) is 0 Å². The second-order valence-electron chi connectivity index (χ2n) is 3.15. The van der Waals surface area contributed by atoms with E-state index >= 15 is 0 Å². The maximum Gasteiger partial charge on any atom is 0.337 e. The van der Waals surface area contributed by atoms with Crippen molar-refractivity contribution in [3.05, 3.63) is 28.8 Å². The number of carboxylic acids is 1. The number of carbonyl (C=O) groups excluding carboxylic acids is 1. The molecule has 1 rings (SSSR count). The minimum Gasteiger partial charge on any atom is -0.496 e. The van der Waals surface area contributed by atoms with Crippen molar-refractivity contribution in [2.75, 3.05) is 7.11 Å². The molecule has 1 aromatic carbocycles. The number of carboxylic acid groups (broad SMARTS) is 1. The number of nitrogens with zero attached hydrogens (tertiary/aromatic N) is 1. The van der Waals surface area contributed by atoms with Gasteiger partial charge in [-0.2, -0.15) is 5.26 Å². The Kier molecular flexibility index (Phi) is 3.80. The minimum atomic E-state index is -1.81. The van der Waals surface area contributed by atoms with Crippen LogP contribution in [0.3, 0.4) is 0 Å². The summed E-state index contributed by atoms with van der Waals surface area (Å²) in [4.78, 5) is 21.3. The van der Waals surface area contributed by atoms with Crippen LogP contribution in [0.1, 0.15) is 27.6 Å². The first-order chi connectivity index (χ1) is 8.04. The first-order valence-corrected chi connectivity index (χ1v) is 4.53. The van der Waals surface area contributed by atoms with Gasteiger partial charge in [0.1, 0.15) is 5.75 Å². The van der Waals surface area contributed by atoms with E-state index < -0.39 is 12.1 Å². The van der Waals surface area contributed by atoms with E-state index in [4.69, 9.17) is 15.1 Å². The Labute approximate surface area is 96.7 Å². The molecule has 6 heteroatoms. The van der Waals surface area contributed by atoms with Crippen LogP contribution in [-0.2, 0) is 4.79 Å². The van der Waals surface area contributed by atoms with E-state index in [1.54, 1.807) is 6.07 Å². The number of ether oxygens (including phenoxy) is 1. The number of hydrogen-bond donors (Lipinski definition) is 2. The molecular weight excluding hydrogens is 226 g/mol. The maximum atomic E-state index is 10.7. The van der Waals surface area contributed by atoms with Gasteiger partial charge in [0.15, 0.2) is 12.4 Å². The Morgan fingerprint density at radius 3 is 2.65 bits per heavy atom. The Hall–Kier alpha value is -2.39. The van der Waals surface area contributed by atoms with E-state index in [9.17, 15) is 14.7 Å². The highest BCUT2D eigenvalue weighted by Gasteiger charge is 2.22. The third-order valence-corrected chi connectivity index (χ3v) is 2.18. The molecular formula is C11H9NO5. The third kappa shape index (κ3) is 2.41. The lowest BCUT2D eigenvalue weighted by Gasteiger charge is -2.12. The van der Waals surface area contributed by atoms with Gasteiger partial charge in [0.25, 0.3) is 0 Å². The fourth-order valence-electron chi connectivity index (χ4n) is 1.33. The van der Waals surface area contributed by atoms with Crippen molar-refractivity contribution in [3.8, 4) is 11.8 Å². The number of benzene rings is 1. The number of methoxy groups -OCH3 is 1. The normalized spacial score (nSPS) is 11.4. The van der Waals surface area contributed by atoms with Gasteiger partial charge >= 0.3 is 5.97 Å². The number of aliphatic hydroxyl groups excluding tert-OH is 1. The molecule has 0 heterocycles. The lowest BCUT2D eigenvalue weighted by atomic mass is 10.0. The van der Waals surface area contributed by atoms with Crippen LogP contribution in [-0.4, -0.2) is 29.6 Å². The Bertz CT molecular complexity index is 503. The zero-order valence-corrected chi connectivity index (χ0v) is 8.88. The molecule has 0 aliphatic rings. The molecule has 0 radical (unpaired) electrons. The average molecular weight is 235 g/mol.